The van der Waals surface area contributed by atoms with Crippen molar-refractivity contribution in [2.45, 2.75) is 101 Å². The Kier molecular flexibility index (Phi) is 16.5. The summed E-state index contributed by atoms with van der Waals surface area (Å²) in [6, 6.07) is 12.3. The molecule has 0 radical (unpaired) electrons. The minimum atomic E-state index is -3.81. The zero-order chi connectivity index (χ0) is 55.6. The van der Waals surface area contributed by atoms with E-state index in [1.807, 2.05) is 24.9 Å². The Hall–Kier alpha value is -6.43. The zero-order valence-corrected chi connectivity index (χ0v) is 47.6. The molecule has 422 valence electrons. The van der Waals surface area contributed by atoms with Crippen LogP contribution in [0.25, 0.3) is 10.9 Å². The number of carbonyl (C=O) groups is 1. The highest BCUT2D eigenvalue weighted by Crippen LogP contribution is 2.41. The maximum absolute atomic E-state index is 14.3. The first-order chi connectivity index (χ1) is 37.8. The first-order valence-corrected chi connectivity index (χ1v) is 29.0. The number of rotatable bonds is 18. The van der Waals surface area contributed by atoms with Crippen LogP contribution in [0.4, 0.5) is 27.7 Å². The Balaban J connectivity index is 0.678. The molecule has 79 heavy (non-hydrogen) atoms. The number of ether oxygens (including phenoxy) is 3. The van der Waals surface area contributed by atoms with Crippen LogP contribution >= 0.6 is 0 Å². The van der Waals surface area contributed by atoms with Gasteiger partial charge in [-0.15, -0.1) is 0 Å². The number of hydrogen-bond donors (Lipinski definition) is 3. The van der Waals surface area contributed by atoms with Crippen LogP contribution in [0.3, 0.4) is 0 Å². The maximum Gasteiger partial charge on any atom is 0.241 e. The molecule has 0 aliphatic carbocycles. The van der Waals surface area contributed by atoms with Crippen molar-refractivity contribution in [1.82, 2.24) is 55.1 Å². The first kappa shape index (κ1) is 55.9. The third-order valence-corrected chi connectivity index (χ3v) is 18.2. The number of morpholine rings is 1. The number of aromatic nitrogens is 7. The summed E-state index contributed by atoms with van der Waals surface area (Å²) in [6.07, 6.45) is 7.93. The van der Waals surface area contributed by atoms with Crippen molar-refractivity contribution in [2.24, 2.45) is 0 Å². The van der Waals surface area contributed by atoms with E-state index in [1.54, 1.807) is 57.4 Å². The average Bonchev–Trinajstić information content (AvgIpc) is 4.16. The molecule has 3 atom stereocenters. The van der Waals surface area contributed by atoms with Crippen molar-refractivity contribution in [3.63, 3.8) is 0 Å². The number of benzene rings is 2. The first-order valence-electron chi connectivity index (χ1n) is 27.5. The Morgan fingerprint density at radius 1 is 0.911 bits per heavy atom. The van der Waals surface area contributed by atoms with Gasteiger partial charge in [0.25, 0.3) is 0 Å². The van der Waals surface area contributed by atoms with Crippen LogP contribution in [0, 0.1) is 19.7 Å². The number of aryl methyl sites for hydroxylation is 1. The molecule has 0 spiro atoms. The van der Waals surface area contributed by atoms with Gasteiger partial charge in [-0.1, -0.05) is 26.0 Å². The normalized spacial score (nSPS) is 20.4. The highest BCUT2D eigenvalue weighted by atomic mass is 32.2. The molecule has 2 aromatic carbocycles. The quantitative estimate of drug-likeness (QED) is 0.0861. The highest BCUT2D eigenvalue weighted by Gasteiger charge is 2.41. The molecule has 1 amide bonds. The lowest BCUT2D eigenvalue weighted by atomic mass is 9.91. The minimum absolute atomic E-state index is 0.0670. The van der Waals surface area contributed by atoms with Gasteiger partial charge in [-0.3, -0.25) is 29.6 Å². The molecule has 10 rings (SSSR count). The molecular weight excluding hydrogens is 1030 g/mol. The number of aromatic amines is 1. The molecule has 4 aromatic heterocycles. The number of sulfone groups is 1. The van der Waals surface area contributed by atoms with Gasteiger partial charge >= 0.3 is 0 Å². The topological polar surface area (TPSA) is 212 Å². The van der Waals surface area contributed by atoms with Gasteiger partial charge in [-0.2, -0.15) is 5.10 Å². The number of halogens is 1. The van der Waals surface area contributed by atoms with Gasteiger partial charge in [-0.05, 0) is 89.8 Å². The number of nitrogens with one attached hydrogen (secondary N) is 3. The standard InChI is InChI=1S/C57H75FN14O6S/c1-37-30-71(33-51(73)72-35-57(7,8)52-48(72)23-41(26-60-52)22-40-10-12-42(58)13-11-40)43(27-59-37)31-69-19-21-76-45(32-69)34-78-44-28-61-55(62-29-44)70-17-15-68(16-18-70)14-9-20-77-49-25-47-46(24-50(49)79(74,75)56(4,5)6)54(64-36-63-47)65-53-38(2)39(3)66-67-53/h10-13,23-26,28-29,36-37,43,45,59H,9,14-22,27,30-35H2,1-8H3,(H2,63,64,65,66,67)/t37-,43-,45?/m1/s1. The van der Waals surface area contributed by atoms with E-state index in [1.165, 1.54) is 18.5 Å². The highest BCUT2D eigenvalue weighted by molar-refractivity contribution is 7.92. The fourth-order valence-electron chi connectivity index (χ4n) is 10.9. The summed E-state index contributed by atoms with van der Waals surface area (Å²) in [5, 5.41) is 14.8. The van der Waals surface area contributed by atoms with E-state index < -0.39 is 14.6 Å². The van der Waals surface area contributed by atoms with E-state index >= 15 is 0 Å². The molecule has 0 bridgehead atoms. The summed E-state index contributed by atoms with van der Waals surface area (Å²) >= 11 is 0. The zero-order valence-electron chi connectivity index (χ0n) is 46.8. The molecule has 4 aliphatic rings. The lowest BCUT2D eigenvalue weighted by molar-refractivity contribution is -0.121. The SMILES string of the molecule is Cc1[nH]nc(Nc2ncnc3cc(OCCCN4CCN(c5ncc(OCC6CN(C[C@H]7CN[C@H](C)CN7CC(=O)N7CC(C)(C)c8ncc(Cc9ccc(F)cc9)cc87)CCO6)cn5)CC4)c(S(=O)(=O)C(C)(C)C)cc23)c1C. The average molecular weight is 1100 g/mol. The molecule has 0 saturated carbocycles. The molecule has 4 aliphatic heterocycles. The van der Waals surface area contributed by atoms with Crippen LogP contribution in [0.1, 0.15) is 76.0 Å². The number of nitrogens with zero attached hydrogens (tertiary/aromatic N) is 11. The third kappa shape index (κ3) is 12.8. The minimum Gasteiger partial charge on any atom is -0.492 e. The molecule has 6 aromatic rings. The van der Waals surface area contributed by atoms with Crippen molar-refractivity contribution < 1.29 is 31.8 Å². The Morgan fingerprint density at radius 2 is 1.68 bits per heavy atom. The second kappa shape index (κ2) is 23.3. The van der Waals surface area contributed by atoms with Crippen molar-refractivity contribution in [1.29, 1.82) is 0 Å². The Labute approximate surface area is 462 Å². The van der Waals surface area contributed by atoms with Gasteiger partial charge < -0.3 is 34.6 Å². The predicted octanol–water partition coefficient (Wildman–Crippen LogP) is 5.86. The van der Waals surface area contributed by atoms with E-state index in [9.17, 15) is 17.6 Å². The van der Waals surface area contributed by atoms with Crippen LogP contribution < -0.4 is 29.9 Å². The van der Waals surface area contributed by atoms with Crippen molar-refractivity contribution in [3.05, 3.63) is 101 Å². The summed E-state index contributed by atoms with van der Waals surface area (Å²) in [7, 11) is -3.81. The number of hydrogen-bond acceptors (Lipinski definition) is 18. The molecule has 1 unspecified atom stereocenters. The van der Waals surface area contributed by atoms with Crippen LogP contribution in [-0.4, -0.2) is 185 Å². The summed E-state index contributed by atoms with van der Waals surface area (Å²) in [4.78, 5) is 48.8. The summed E-state index contributed by atoms with van der Waals surface area (Å²) in [5.74, 6) is 2.36. The van der Waals surface area contributed by atoms with Gasteiger partial charge in [0.1, 0.15) is 41.3 Å². The third-order valence-electron chi connectivity index (χ3n) is 15.7. The fourth-order valence-corrected chi connectivity index (χ4v) is 12.2. The fraction of sp³-hybridized carbons (Fsp3) is 0.526. The van der Waals surface area contributed by atoms with E-state index in [0.29, 0.717) is 86.5 Å². The van der Waals surface area contributed by atoms with Crippen LogP contribution in [0.5, 0.6) is 11.5 Å². The monoisotopic (exact) mass is 1100 g/mol. The lowest BCUT2D eigenvalue weighted by Crippen LogP contribution is -2.61. The molecule has 3 fully saturated rings. The molecule has 3 N–H and O–H groups in total. The van der Waals surface area contributed by atoms with Gasteiger partial charge in [0.2, 0.25) is 11.9 Å². The molecule has 20 nitrogen and oxygen atoms in total. The predicted molar refractivity (Wildman–Crippen MR) is 302 cm³/mol. The van der Waals surface area contributed by atoms with Gasteiger partial charge in [0, 0.05) is 118 Å². The maximum atomic E-state index is 14.3. The van der Waals surface area contributed by atoms with Crippen LogP contribution in [-0.2, 0) is 31.2 Å². The van der Waals surface area contributed by atoms with E-state index in [0.717, 1.165) is 92.7 Å². The van der Waals surface area contributed by atoms with E-state index in [2.05, 4.69) is 87.2 Å². The van der Waals surface area contributed by atoms with Crippen LogP contribution in [0.2, 0.25) is 0 Å². The van der Waals surface area contributed by atoms with Crippen molar-refractivity contribution in [3.8, 4) is 11.5 Å². The smallest absolute Gasteiger partial charge is 0.241 e. The lowest BCUT2D eigenvalue weighted by Gasteiger charge is -2.43. The summed E-state index contributed by atoms with van der Waals surface area (Å²) < 4.78 is 59.2. The summed E-state index contributed by atoms with van der Waals surface area (Å²) in [5.41, 5.74) is 5.89. The van der Waals surface area contributed by atoms with E-state index in [-0.39, 0.29) is 46.0 Å². The number of fused-ring (bicyclic) bond motifs is 2. The van der Waals surface area contributed by atoms with E-state index in [4.69, 9.17) is 19.2 Å². The number of H-pyrrole nitrogens is 1. The Morgan fingerprint density at radius 3 is 2.42 bits per heavy atom. The molecule has 8 heterocycles. The molecular formula is C57H75FN14O6S. The van der Waals surface area contributed by atoms with Crippen molar-refractivity contribution in [2.75, 3.05) is 113 Å². The number of pyridine rings is 1. The largest absolute Gasteiger partial charge is 0.492 e. The Bertz CT molecular complexity index is 3220. The van der Waals surface area contributed by atoms with Gasteiger partial charge in [-0.25, -0.2) is 32.7 Å². The summed E-state index contributed by atoms with van der Waals surface area (Å²) in [6.45, 7) is 25.2. The second-order valence-corrected chi connectivity index (χ2v) is 25.9. The van der Waals surface area contributed by atoms with Crippen molar-refractivity contribution >= 4 is 49.9 Å². The molecule has 3 saturated heterocycles. The van der Waals surface area contributed by atoms with Gasteiger partial charge in [0.15, 0.2) is 21.4 Å². The molecule has 22 heteroatoms. The number of amides is 1. The second-order valence-electron chi connectivity index (χ2n) is 23.2. The number of anilines is 4. The number of carbonyl (C=O) groups excluding carboxylic acids is 1. The number of piperazine rings is 2. The van der Waals surface area contributed by atoms with Gasteiger partial charge in [0.05, 0.1) is 53.8 Å². The van der Waals surface area contributed by atoms with Crippen LogP contribution in [0.15, 0.2) is 72.3 Å².